The highest BCUT2D eigenvalue weighted by atomic mass is 35.5. The molecule has 3 aliphatic rings. The largest absolute Gasteiger partial charge is 0.351 e. The third-order valence-electron chi connectivity index (χ3n) is 9.53. The van der Waals surface area contributed by atoms with Gasteiger partial charge in [0.1, 0.15) is 12.1 Å². The Morgan fingerprint density at radius 1 is 0.978 bits per heavy atom. The third kappa shape index (κ3) is 11.2. The van der Waals surface area contributed by atoms with E-state index in [1.807, 2.05) is 36.6 Å². The van der Waals surface area contributed by atoms with Crippen LogP contribution in [0.3, 0.4) is 0 Å². The maximum absolute atomic E-state index is 13.8. The molecule has 2 aliphatic carbocycles. The molecule has 4 rings (SSSR count). The van der Waals surface area contributed by atoms with Gasteiger partial charge >= 0.3 is 0 Å². The Labute approximate surface area is 279 Å². The number of benzene rings is 1. The predicted molar refractivity (Wildman–Crippen MR) is 186 cm³/mol. The first-order chi connectivity index (χ1) is 21.7. The number of halogens is 1. The Balaban J connectivity index is 1.39. The maximum Gasteiger partial charge on any atom is 0.251 e. The maximum atomic E-state index is 13.8. The van der Waals surface area contributed by atoms with Crippen LogP contribution in [0.5, 0.6) is 0 Å². The van der Waals surface area contributed by atoms with E-state index < -0.39 is 12.1 Å². The van der Waals surface area contributed by atoms with Crippen LogP contribution >= 0.6 is 23.4 Å². The summed E-state index contributed by atoms with van der Waals surface area (Å²) in [5.74, 6) is 1.48. The minimum Gasteiger partial charge on any atom is -0.351 e. The van der Waals surface area contributed by atoms with E-state index in [-0.39, 0.29) is 29.7 Å². The molecule has 0 radical (unpaired) electrons. The zero-order valence-corrected chi connectivity index (χ0v) is 28.9. The molecule has 1 aromatic carbocycles. The lowest BCUT2D eigenvalue weighted by atomic mass is 9.74. The molecule has 1 saturated carbocycles. The van der Waals surface area contributed by atoms with Crippen molar-refractivity contribution in [2.45, 2.75) is 96.2 Å². The normalized spacial score (nSPS) is 23.6. The van der Waals surface area contributed by atoms with E-state index in [1.54, 1.807) is 11.8 Å². The summed E-state index contributed by atoms with van der Waals surface area (Å²) in [6.45, 7) is 6.24. The molecule has 3 amide bonds. The number of thioether (sulfide) groups is 1. The number of hydrogen-bond donors (Lipinski definition) is 4. The van der Waals surface area contributed by atoms with E-state index in [1.165, 1.54) is 18.4 Å². The number of piperidine rings is 1. The molecule has 0 bridgehead atoms. The standard InChI is InChI=1S/C36H53ClN4O3S/c1-24(2)21-33(36(44)39-31-10-5-4-9-30(31)28-7-6-8-29(37)23-28)41-35(43)32(17-20-45-3)40-34(42)27-13-11-25(12-14-27)22-26-15-18-38-19-16-26/h6,8,11-14,23-24,26,28,30-33,38H,4-5,7,9-10,15-22H2,1-3H3,(H,39,44)(H,40,42)(H,41,43)/t28?,30-,31+,32-,33-/m0/s1. The van der Waals surface area contributed by atoms with Gasteiger partial charge in [-0.25, -0.2) is 0 Å². The second kappa shape index (κ2) is 18.2. The average molecular weight is 657 g/mol. The van der Waals surface area contributed by atoms with Crippen molar-refractivity contribution in [2.75, 3.05) is 25.1 Å². The quantitative estimate of drug-likeness (QED) is 0.197. The number of amides is 3. The van der Waals surface area contributed by atoms with Crippen molar-refractivity contribution < 1.29 is 14.4 Å². The van der Waals surface area contributed by atoms with Gasteiger partial charge in [0, 0.05) is 16.6 Å². The van der Waals surface area contributed by atoms with Crippen molar-refractivity contribution in [3.63, 3.8) is 0 Å². The molecule has 4 N–H and O–H groups in total. The second-order valence-corrected chi connectivity index (χ2v) is 14.9. The molecule has 9 heteroatoms. The van der Waals surface area contributed by atoms with Crippen LogP contribution in [-0.4, -0.2) is 60.9 Å². The molecule has 2 fully saturated rings. The van der Waals surface area contributed by atoms with Gasteiger partial charge in [-0.15, -0.1) is 0 Å². The highest BCUT2D eigenvalue weighted by Crippen LogP contribution is 2.36. The van der Waals surface area contributed by atoms with Gasteiger partial charge in [0.2, 0.25) is 11.8 Å². The molecule has 1 unspecified atom stereocenters. The zero-order valence-electron chi connectivity index (χ0n) is 27.3. The number of rotatable bonds is 14. The number of carbonyl (C=O) groups is 3. The third-order valence-corrected chi connectivity index (χ3v) is 10.4. The van der Waals surface area contributed by atoms with Crippen LogP contribution in [0.15, 0.2) is 47.5 Å². The van der Waals surface area contributed by atoms with Gasteiger partial charge in [-0.05, 0) is 124 Å². The Morgan fingerprint density at radius 2 is 1.71 bits per heavy atom. The fourth-order valence-electron chi connectivity index (χ4n) is 7.03. The molecule has 0 aromatic heterocycles. The number of nitrogens with one attached hydrogen (secondary N) is 4. The summed E-state index contributed by atoms with van der Waals surface area (Å²) in [5.41, 5.74) is 1.77. The van der Waals surface area contributed by atoms with Crippen molar-refractivity contribution >= 4 is 41.1 Å². The average Bonchev–Trinajstić information content (AvgIpc) is 3.03. The summed E-state index contributed by atoms with van der Waals surface area (Å²) in [4.78, 5) is 40.7. The first-order valence-electron chi connectivity index (χ1n) is 17.0. The minimum atomic E-state index is -0.731. The molecule has 1 saturated heterocycles. The van der Waals surface area contributed by atoms with Crippen molar-refractivity contribution in [1.29, 1.82) is 0 Å². The van der Waals surface area contributed by atoms with Crippen molar-refractivity contribution in [3.8, 4) is 0 Å². The topological polar surface area (TPSA) is 99.3 Å². The van der Waals surface area contributed by atoms with Crippen LogP contribution in [0.25, 0.3) is 0 Å². The molecule has 5 atom stereocenters. The van der Waals surface area contributed by atoms with Gasteiger partial charge in [0.25, 0.3) is 5.91 Å². The molecule has 1 aromatic rings. The lowest BCUT2D eigenvalue weighted by Gasteiger charge is -2.38. The molecular formula is C36H53ClN4O3S. The lowest BCUT2D eigenvalue weighted by Crippen LogP contribution is -2.56. The fraction of sp³-hybridized carbons (Fsp3) is 0.639. The highest BCUT2D eigenvalue weighted by Gasteiger charge is 2.35. The van der Waals surface area contributed by atoms with Crippen LogP contribution < -0.4 is 21.3 Å². The van der Waals surface area contributed by atoms with Gasteiger partial charge in [0.15, 0.2) is 0 Å². The fourth-order valence-corrected chi connectivity index (χ4v) is 7.75. The SMILES string of the molecule is CSCC[C@H](NC(=O)c1ccc(CC2CCNCC2)cc1)C(=O)N[C@@H](CC(C)C)C(=O)N[C@@H]1CCCC[C@H]1C1C=C(Cl)C=CC1. The summed E-state index contributed by atoms with van der Waals surface area (Å²) in [7, 11) is 0. The summed E-state index contributed by atoms with van der Waals surface area (Å²) < 4.78 is 0. The number of hydrogen-bond acceptors (Lipinski definition) is 5. The predicted octanol–water partition coefficient (Wildman–Crippen LogP) is 5.98. The van der Waals surface area contributed by atoms with Crippen LogP contribution in [0, 0.1) is 23.7 Å². The van der Waals surface area contributed by atoms with E-state index in [2.05, 4.69) is 47.3 Å². The minimum absolute atomic E-state index is 0.0415. The number of allylic oxidation sites excluding steroid dienone is 4. The van der Waals surface area contributed by atoms with Crippen LogP contribution in [0.2, 0.25) is 0 Å². The van der Waals surface area contributed by atoms with Crippen molar-refractivity contribution in [2.24, 2.45) is 23.7 Å². The molecular weight excluding hydrogens is 604 g/mol. The smallest absolute Gasteiger partial charge is 0.251 e. The van der Waals surface area contributed by atoms with Gasteiger partial charge in [0.05, 0.1) is 0 Å². The second-order valence-electron chi connectivity index (χ2n) is 13.5. The van der Waals surface area contributed by atoms with E-state index in [4.69, 9.17) is 11.6 Å². The van der Waals surface area contributed by atoms with Gasteiger partial charge in [-0.1, -0.05) is 62.6 Å². The Bertz CT molecular complexity index is 1180. The van der Waals surface area contributed by atoms with Crippen molar-refractivity contribution in [1.82, 2.24) is 21.3 Å². The molecule has 45 heavy (non-hydrogen) atoms. The first-order valence-corrected chi connectivity index (χ1v) is 18.7. The van der Waals surface area contributed by atoms with Crippen LogP contribution in [-0.2, 0) is 16.0 Å². The van der Waals surface area contributed by atoms with Crippen LogP contribution in [0.4, 0.5) is 0 Å². The summed E-state index contributed by atoms with van der Waals surface area (Å²) in [5, 5.41) is 13.5. The molecule has 1 aliphatic heterocycles. The molecule has 1 heterocycles. The highest BCUT2D eigenvalue weighted by molar-refractivity contribution is 7.98. The Morgan fingerprint density at radius 3 is 2.40 bits per heavy atom. The van der Waals surface area contributed by atoms with Crippen LogP contribution in [0.1, 0.15) is 87.6 Å². The van der Waals surface area contributed by atoms with Gasteiger partial charge in [-0.2, -0.15) is 11.8 Å². The van der Waals surface area contributed by atoms with E-state index in [0.717, 1.165) is 56.6 Å². The first kappa shape index (κ1) is 35.6. The Hall–Kier alpha value is -2.29. The van der Waals surface area contributed by atoms with Gasteiger partial charge in [-0.3, -0.25) is 14.4 Å². The molecule has 7 nitrogen and oxygen atoms in total. The van der Waals surface area contributed by atoms with E-state index >= 15 is 0 Å². The van der Waals surface area contributed by atoms with Gasteiger partial charge < -0.3 is 21.3 Å². The Kier molecular flexibility index (Phi) is 14.3. The lowest BCUT2D eigenvalue weighted by molar-refractivity contribution is -0.131. The van der Waals surface area contributed by atoms with E-state index in [0.29, 0.717) is 41.9 Å². The zero-order chi connectivity index (χ0) is 32.2. The molecule has 0 spiro atoms. The summed E-state index contributed by atoms with van der Waals surface area (Å²) >= 11 is 7.97. The summed E-state index contributed by atoms with van der Waals surface area (Å²) in [6.07, 6.45) is 17.7. The monoisotopic (exact) mass is 656 g/mol. The van der Waals surface area contributed by atoms with Crippen molar-refractivity contribution in [3.05, 3.63) is 58.7 Å². The summed E-state index contributed by atoms with van der Waals surface area (Å²) in [6, 6.07) is 6.41. The van der Waals surface area contributed by atoms with E-state index in [9.17, 15) is 14.4 Å². The number of carbonyl (C=O) groups excluding carboxylic acids is 3. The molecule has 248 valence electrons.